The van der Waals surface area contributed by atoms with Gasteiger partial charge in [-0.1, -0.05) is 17.7 Å². The fourth-order valence-electron chi connectivity index (χ4n) is 1.02. The minimum Gasteiger partial charge on any atom is -0.507 e. The second kappa shape index (κ2) is 3.78. The van der Waals surface area contributed by atoms with Crippen LogP contribution in [0.2, 0.25) is 0 Å². The molecule has 0 aromatic heterocycles. The van der Waals surface area contributed by atoms with Crippen molar-refractivity contribution in [3.8, 4) is 5.75 Å². The first-order valence-electron chi connectivity index (χ1n) is 4.07. The lowest BCUT2D eigenvalue weighted by molar-refractivity contribution is 0.474. The van der Waals surface area contributed by atoms with Crippen molar-refractivity contribution in [1.29, 1.82) is 0 Å². The van der Waals surface area contributed by atoms with Gasteiger partial charge in [0, 0.05) is 5.56 Å². The van der Waals surface area contributed by atoms with Crippen LogP contribution in [0, 0.1) is 6.92 Å². The number of hydrogen-bond donors (Lipinski definition) is 1. The van der Waals surface area contributed by atoms with E-state index >= 15 is 0 Å². The van der Waals surface area contributed by atoms with Gasteiger partial charge < -0.3 is 18.1 Å². The van der Waals surface area contributed by atoms with Crippen LogP contribution in [0.3, 0.4) is 0 Å². The number of hydrogen-bond acceptors (Lipinski definition) is 1. The summed E-state index contributed by atoms with van der Waals surface area (Å²) in [6.07, 6.45) is 0.877. The Morgan fingerprint density at radius 1 is 1.29 bits per heavy atom. The molecule has 0 aliphatic heterocycles. The number of halogens is 3. The highest BCUT2D eigenvalue weighted by atomic mass is 19.4. The number of rotatable bonds is 2. The van der Waals surface area contributed by atoms with E-state index in [4.69, 9.17) is 0 Å². The quantitative estimate of drug-likeness (QED) is 0.728. The van der Waals surface area contributed by atoms with E-state index in [-0.39, 0.29) is 17.3 Å². The van der Waals surface area contributed by atoms with Crippen LogP contribution in [0.15, 0.2) is 24.2 Å². The summed E-state index contributed by atoms with van der Waals surface area (Å²) >= 11 is 0. The molecule has 1 aromatic rings. The maximum atomic E-state index is 11.9. The molecule has 0 bridgehead atoms. The summed E-state index contributed by atoms with van der Waals surface area (Å²) in [5, 5.41) is 9.22. The Balaban J connectivity index is 2.97. The average Bonchev–Trinajstić information content (AvgIpc) is 2.05. The Hall–Kier alpha value is -1.39. The largest absolute Gasteiger partial charge is 0.507 e. The normalized spacial score (nSPS) is 12.3. The highest BCUT2D eigenvalue weighted by Gasteiger charge is 2.17. The second-order valence-corrected chi connectivity index (χ2v) is 3.05. The summed E-state index contributed by atoms with van der Waals surface area (Å²) in [5.74, 6) is 0.0148. The van der Waals surface area contributed by atoms with Crippen molar-refractivity contribution in [2.75, 3.05) is 0 Å². The maximum Gasteiger partial charge on any atom is 0.502 e. The molecule has 1 nitrogen and oxygen atoms in total. The molecule has 0 atom stereocenters. The van der Waals surface area contributed by atoms with Gasteiger partial charge in [0.15, 0.2) is 0 Å². The zero-order chi connectivity index (χ0) is 10.8. The Bertz CT molecular complexity index is 358. The van der Waals surface area contributed by atoms with Crippen LogP contribution in [0.1, 0.15) is 11.1 Å². The summed E-state index contributed by atoms with van der Waals surface area (Å²) in [6, 6.07) is 4.50. The standard InChI is InChI=1S/C9H9BF3O/c1-7-2-3-9(14)8(6-7)4-5-10(11,12)13/h2-6,14H,1H3/q-1/b5-4+. The van der Waals surface area contributed by atoms with E-state index in [2.05, 4.69) is 0 Å². The summed E-state index contributed by atoms with van der Waals surface area (Å²) in [4.78, 5) is 0. The lowest BCUT2D eigenvalue weighted by Gasteiger charge is -2.07. The van der Waals surface area contributed by atoms with Crippen LogP contribution in [-0.4, -0.2) is 12.1 Å². The molecule has 1 aromatic carbocycles. The Morgan fingerprint density at radius 3 is 2.50 bits per heavy atom. The van der Waals surface area contributed by atoms with E-state index in [0.717, 1.165) is 11.6 Å². The van der Waals surface area contributed by atoms with Crippen molar-refractivity contribution in [2.45, 2.75) is 6.92 Å². The van der Waals surface area contributed by atoms with Crippen LogP contribution in [0.4, 0.5) is 12.9 Å². The first-order chi connectivity index (χ1) is 6.38. The van der Waals surface area contributed by atoms with Crippen LogP contribution in [0.5, 0.6) is 5.75 Å². The van der Waals surface area contributed by atoms with Gasteiger partial charge in [0.25, 0.3) is 0 Å². The van der Waals surface area contributed by atoms with Crippen LogP contribution in [-0.2, 0) is 0 Å². The van der Waals surface area contributed by atoms with Gasteiger partial charge in [-0.2, -0.15) is 0 Å². The van der Waals surface area contributed by atoms with Gasteiger partial charge in [0.2, 0.25) is 0 Å². The Labute approximate surface area is 79.9 Å². The SMILES string of the molecule is Cc1ccc(O)c(/C=C/[B-](F)(F)F)c1. The average molecular weight is 201 g/mol. The van der Waals surface area contributed by atoms with E-state index in [9.17, 15) is 18.1 Å². The van der Waals surface area contributed by atoms with E-state index in [1.807, 2.05) is 0 Å². The number of benzene rings is 1. The molecule has 76 valence electrons. The Kier molecular flexibility index (Phi) is 2.89. The van der Waals surface area contributed by atoms with Crippen LogP contribution in [0.25, 0.3) is 6.08 Å². The minimum absolute atomic E-state index is 0.146. The molecule has 5 heteroatoms. The van der Waals surface area contributed by atoms with Crippen molar-refractivity contribution in [3.05, 3.63) is 35.3 Å². The molecule has 0 aliphatic carbocycles. The first-order valence-corrected chi connectivity index (χ1v) is 4.07. The molecular weight excluding hydrogens is 192 g/mol. The molecule has 1 rings (SSSR count). The molecule has 0 saturated carbocycles. The third-order valence-electron chi connectivity index (χ3n) is 1.68. The lowest BCUT2D eigenvalue weighted by Crippen LogP contribution is -2.09. The third kappa shape index (κ3) is 3.16. The molecule has 0 fully saturated rings. The molecule has 14 heavy (non-hydrogen) atoms. The van der Waals surface area contributed by atoms with Crippen LogP contribution < -0.4 is 0 Å². The zero-order valence-electron chi connectivity index (χ0n) is 7.55. The highest BCUT2D eigenvalue weighted by Crippen LogP contribution is 2.21. The molecule has 0 radical (unpaired) electrons. The summed E-state index contributed by atoms with van der Waals surface area (Å²) in [7, 11) is 0. The van der Waals surface area contributed by atoms with Gasteiger partial charge in [-0.05, 0) is 19.1 Å². The van der Waals surface area contributed by atoms with Gasteiger partial charge in [0.1, 0.15) is 5.75 Å². The molecule has 0 saturated heterocycles. The van der Waals surface area contributed by atoms with E-state index in [1.165, 1.54) is 12.1 Å². The van der Waals surface area contributed by atoms with Crippen molar-refractivity contribution in [2.24, 2.45) is 0 Å². The Morgan fingerprint density at radius 2 is 1.93 bits per heavy atom. The number of phenolic OH excluding ortho intramolecular Hbond substituents is 1. The van der Waals surface area contributed by atoms with Crippen molar-refractivity contribution >= 4 is 13.1 Å². The predicted molar refractivity (Wildman–Crippen MR) is 51.0 cm³/mol. The van der Waals surface area contributed by atoms with Gasteiger partial charge in [-0.15, -0.1) is 5.98 Å². The first kappa shape index (κ1) is 10.7. The molecular formula is C9H9BF3O-. The van der Waals surface area contributed by atoms with Gasteiger partial charge in [0.05, 0.1) is 0 Å². The monoisotopic (exact) mass is 201 g/mol. The number of aryl methyl sites for hydroxylation is 1. The molecule has 0 amide bonds. The van der Waals surface area contributed by atoms with Crippen molar-refractivity contribution < 1.29 is 18.1 Å². The summed E-state index contributed by atoms with van der Waals surface area (Å²) in [6.45, 7) is -3.20. The van der Waals surface area contributed by atoms with Gasteiger partial charge in [-0.25, -0.2) is 0 Å². The summed E-state index contributed by atoms with van der Waals surface area (Å²) < 4.78 is 35.6. The molecule has 0 aliphatic rings. The molecule has 0 unspecified atom stereocenters. The molecule has 1 N–H and O–H groups in total. The van der Waals surface area contributed by atoms with Crippen molar-refractivity contribution in [1.82, 2.24) is 0 Å². The minimum atomic E-state index is -4.95. The third-order valence-corrected chi connectivity index (χ3v) is 1.68. The molecule has 0 spiro atoms. The van der Waals surface area contributed by atoms with Gasteiger partial charge in [-0.3, -0.25) is 0 Å². The predicted octanol–water partition coefficient (Wildman–Crippen LogP) is 3.10. The second-order valence-electron chi connectivity index (χ2n) is 3.05. The number of aromatic hydroxyl groups is 1. The summed E-state index contributed by atoms with van der Waals surface area (Å²) in [5.41, 5.74) is 0.987. The number of phenols is 1. The van der Waals surface area contributed by atoms with Gasteiger partial charge >= 0.3 is 6.98 Å². The fraction of sp³-hybridized carbons (Fsp3) is 0.111. The van der Waals surface area contributed by atoms with E-state index in [0.29, 0.717) is 0 Å². The van der Waals surface area contributed by atoms with E-state index in [1.54, 1.807) is 13.0 Å². The fourth-order valence-corrected chi connectivity index (χ4v) is 1.02. The highest BCUT2D eigenvalue weighted by molar-refractivity contribution is 6.64. The maximum absolute atomic E-state index is 11.9. The molecule has 0 heterocycles. The van der Waals surface area contributed by atoms with E-state index < -0.39 is 6.98 Å². The van der Waals surface area contributed by atoms with Crippen LogP contribution >= 0.6 is 0 Å². The topological polar surface area (TPSA) is 20.2 Å². The van der Waals surface area contributed by atoms with Crippen molar-refractivity contribution in [3.63, 3.8) is 0 Å². The smallest absolute Gasteiger partial charge is 0.502 e. The zero-order valence-corrected chi connectivity index (χ0v) is 7.55. The lowest BCUT2D eigenvalue weighted by atomic mass is 9.90.